The number of nitrogens with one attached hydrogen (secondary N) is 2. The topological polar surface area (TPSA) is 78.4 Å². The molecule has 5 heteroatoms. The molecule has 0 saturated carbocycles. The Morgan fingerprint density at radius 2 is 2.10 bits per heavy atom. The van der Waals surface area contributed by atoms with Crippen LogP contribution in [0.15, 0.2) is 30.3 Å². The number of amides is 1. The summed E-state index contributed by atoms with van der Waals surface area (Å²) in [6.45, 7) is 2.93. The summed E-state index contributed by atoms with van der Waals surface area (Å²) in [4.78, 5) is 23.7. The fraction of sp³-hybridized carbons (Fsp3) is 0.500. The second-order valence-electron chi connectivity index (χ2n) is 5.50. The Bertz CT molecular complexity index is 490. The Kier molecular flexibility index (Phi) is 5.33. The Labute approximate surface area is 124 Å². The van der Waals surface area contributed by atoms with Gasteiger partial charge in [-0.25, -0.2) is 4.79 Å². The van der Waals surface area contributed by atoms with Crippen LogP contribution in [-0.4, -0.2) is 29.6 Å². The lowest BCUT2D eigenvalue weighted by Crippen LogP contribution is -2.50. The van der Waals surface area contributed by atoms with Gasteiger partial charge in [0, 0.05) is 0 Å². The van der Waals surface area contributed by atoms with E-state index in [4.69, 9.17) is 0 Å². The van der Waals surface area contributed by atoms with E-state index in [1.54, 1.807) is 24.3 Å². The third kappa shape index (κ3) is 4.04. The Balaban J connectivity index is 2.03. The number of hydrogen-bond donors (Lipinski definition) is 3. The molecule has 2 rings (SSSR count). The van der Waals surface area contributed by atoms with Crippen LogP contribution in [0.2, 0.25) is 0 Å². The lowest BCUT2D eigenvalue weighted by molar-refractivity contribution is -0.142. The highest BCUT2D eigenvalue weighted by atomic mass is 16.4. The third-order valence-electron chi connectivity index (χ3n) is 4.07. The summed E-state index contributed by atoms with van der Waals surface area (Å²) in [6, 6.07) is 7.48. The van der Waals surface area contributed by atoms with Crippen molar-refractivity contribution in [3.63, 3.8) is 0 Å². The molecule has 3 unspecified atom stereocenters. The molecular formula is C16H22N2O3. The van der Waals surface area contributed by atoms with E-state index in [-0.39, 0.29) is 11.9 Å². The van der Waals surface area contributed by atoms with E-state index < -0.39 is 12.0 Å². The number of carboxylic acids is 1. The molecule has 1 heterocycles. The largest absolute Gasteiger partial charge is 0.479 e. The van der Waals surface area contributed by atoms with E-state index in [0.29, 0.717) is 11.5 Å². The van der Waals surface area contributed by atoms with Gasteiger partial charge in [-0.3, -0.25) is 4.79 Å². The molecule has 1 saturated heterocycles. The van der Waals surface area contributed by atoms with Crippen molar-refractivity contribution in [2.45, 2.75) is 38.3 Å². The first-order valence-electron chi connectivity index (χ1n) is 7.43. The molecule has 5 nitrogen and oxygen atoms in total. The second-order valence-corrected chi connectivity index (χ2v) is 5.50. The molecule has 114 valence electrons. The monoisotopic (exact) mass is 290 g/mol. The molecule has 1 aliphatic rings. The molecule has 1 aromatic rings. The molecule has 21 heavy (non-hydrogen) atoms. The summed E-state index contributed by atoms with van der Waals surface area (Å²) in [7, 11) is 0. The highest BCUT2D eigenvalue weighted by molar-refractivity contribution is 5.87. The van der Waals surface area contributed by atoms with Gasteiger partial charge in [0.25, 0.3) is 0 Å². The van der Waals surface area contributed by atoms with E-state index >= 15 is 0 Å². The minimum Gasteiger partial charge on any atom is -0.479 e. The van der Waals surface area contributed by atoms with Gasteiger partial charge in [-0.15, -0.1) is 0 Å². The smallest absolute Gasteiger partial charge is 0.330 e. The van der Waals surface area contributed by atoms with Crippen LogP contribution in [0.4, 0.5) is 0 Å². The minimum atomic E-state index is -1.04. The zero-order valence-corrected chi connectivity index (χ0v) is 12.2. The van der Waals surface area contributed by atoms with Gasteiger partial charge in [0.15, 0.2) is 6.04 Å². The Hall–Kier alpha value is -1.88. The zero-order chi connectivity index (χ0) is 15.2. The number of carbonyl (C=O) groups excluding carboxylic acids is 1. The molecule has 1 aliphatic heterocycles. The predicted molar refractivity (Wildman–Crippen MR) is 79.8 cm³/mol. The summed E-state index contributed by atoms with van der Waals surface area (Å²) in [5.41, 5.74) is 0.584. The highest BCUT2D eigenvalue weighted by Gasteiger charge is 2.29. The zero-order valence-electron chi connectivity index (χ0n) is 12.2. The van der Waals surface area contributed by atoms with Gasteiger partial charge >= 0.3 is 5.97 Å². The van der Waals surface area contributed by atoms with Crippen LogP contribution in [0, 0.1) is 5.92 Å². The lowest BCUT2D eigenvalue weighted by atomic mass is 9.90. The first kappa shape index (κ1) is 15.5. The number of carbonyl (C=O) groups is 2. The van der Waals surface area contributed by atoms with Crippen molar-refractivity contribution in [1.29, 1.82) is 0 Å². The van der Waals surface area contributed by atoms with E-state index in [0.717, 1.165) is 25.8 Å². The number of piperidine rings is 1. The van der Waals surface area contributed by atoms with Crippen LogP contribution in [0.3, 0.4) is 0 Å². The first-order chi connectivity index (χ1) is 10.1. The van der Waals surface area contributed by atoms with E-state index in [1.807, 2.05) is 6.07 Å². The van der Waals surface area contributed by atoms with Gasteiger partial charge in [-0.1, -0.05) is 43.7 Å². The van der Waals surface area contributed by atoms with Crippen LogP contribution < -0.4 is 10.6 Å². The number of rotatable bonds is 5. The van der Waals surface area contributed by atoms with Crippen LogP contribution in [-0.2, 0) is 9.59 Å². The standard InChI is InChI=1S/C16H22N2O3/c1-2-11-8-9-17-13(10-11)15(19)18-14(16(20)21)12-6-4-3-5-7-12/h3-7,11,13-14,17H,2,8-10H2,1H3,(H,18,19)(H,20,21). The number of benzene rings is 1. The van der Waals surface area contributed by atoms with Crippen molar-refractivity contribution >= 4 is 11.9 Å². The van der Waals surface area contributed by atoms with E-state index in [2.05, 4.69) is 17.6 Å². The minimum absolute atomic E-state index is 0.232. The van der Waals surface area contributed by atoms with Gasteiger partial charge < -0.3 is 15.7 Å². The fourth-order valence-electron chi connectivity index (χ4n) is 2.74. The maximum absolute atomic E-state index is 12.3. The molecule has 1 aromatic carbocycles. The highest BCUT2D eigenvalue weighted by Crippen LogP contribution is 2.20. The van der Waals surface area contributed by atoms with E-state index in [9.17, 15) is 14.7 Å². The number of carboxylic acid groups (broad SMARTS) is 1. The van der Waals surface area contributed by atoms with Crippen molar-refractivity contribution in [2.24, 2.45) is 5.92 Å². The van der Waals surface area contributed by atoms with Crippen molar-refractivity contribution in [2.75, 3.05) is 6.54 Å². The summed E-state index contributed by atoms with van der Waals surface area (Å²) in [5, 5.41) is 15.2. The van der Waals surface area contributed by atoms with Gasteiger partial charge in [0.1, 0.15) is 0 Å². The maximum Gasteiger partial charge on any atom is 0.330 e. The van der Waals surface area contributed by atoms with Gasteiger partial charge in [-0.2, -0.15) is 0 Å². The normalized spacial score (nSPS) is 23.3. The average Bonchev–Trinajstić information content (AvgIpc) is 2.53. The van der Waals surface area contributed by atoms with Gasteiger partial charge in [0.2, 0.25) is 5.91 Å². The third-order valence-corrected chi connectivity index (χ3v) is 4.07. The van der Waals surface area contributed by atoms with Crippen molar-refractivity contribution in [1.82, 2.24) is 10.6 Å². The second kappa shape index (κ2) is 7.22. The molecule has 0 aliphatic carbocycles. The fourth-order valence-corrected chi connectivity index (χ4v) is 2.74. The molecule has 3 atom stereocenters. The summed E-state index contributed by atoms with van der Waals surface area (Å²) >= 11 is 0. The van der Waals surface area contributed by atoms with Crippen LogP contribution >= 0.6 is 0 Å². The molecular weight excluding hydrogens is 268 g/mol. The van der Waals surface area contributed by atoms with Crippen LogP contribution in [0.25, 0.3) is 0 Å². The molecule has 0 spiro atoms. The van der Waals surface area contributed by atoms with Crippen molar-refractivity contribution in [3.8, 4) is 0 Å². The molecule has 0 bridgehead atoms. The van der Waals surface area contributed by atoms with E-state index in [1.165, 1.54) is 0 Å². The quantitative estimate of drug-likeness (QED) is 0.771. The summed E-state index contributed by atoms with van der Waals surface area (Å²) in [5.74, 6) is -0.746. The predicted octanol–water partition coefficient (Wildman–Crippen LogP) is 1.71. The summed E-state index contributed by atoms with van der Waals surface area (Å²) < 4.78 is 0. The molecule has 0 aromatic heterocycles. The Morgan fingerprint density at radius 1 is 1.38 bits per heavy atom. The van der Waals surface area contributed by atoms with Crippen molar-refractivity contribution < 1.29 is 14.7 Å². The molecule has 3 N–H and O–H groups in total. The van der Waals surface area contributed by atoms with Gasteiger partial charge in [0.05, 0.1) is 6.04 Å². The average molecular weight is 290 g/mol. The first-order valence-corrected chi connectivity index (χ1v) is 7.43. The Morgan fingerprint density at radius 3 is 2.71 bits per heavy atom. The number of hydrogen-bond acceptors (Lipinski definition) is 3. The van der Waals surface area contributed by atoms with Crippen LogP contribution in [0.1, 0.15) is 37.8 Å². The molecule has 1 fully saturated rings. The molecule has 1 amide bonds. The molecule has 0 radical (unpaired) electrons. The maximum atomic E-state index is 12.3. The van der Waals surface area contributed by atoms with Crippen molar-refractivity contribution in [3.05, 3.63) is 35.9 Å². The number of aliphatic carboxylic acids is 1. The SMILES string of the molecule is CCC1CCNC(C(=O)NC(C(=O)O)c2ccccc2)C1. The lowest BCUT2D eigenvalue weighted by Gasteiger charge is -2.29. The van der Waals surface area contributed by atoms with Crippen LogP contribution in [0.5, 0.6) is 0 Å². The van der Waals surface area contributed by atoms with Gasteiger partial charge in [-0.05, 0) is 30.9 Å². The summed E-state index contributed by atoms with van der Waals surface area (Å²) in [6.07, 6.45) is 2.89.